The predicted octanol–water partition coefficient (Wildman–Crippen LogP) is 2.54. The average molecular weight is 319 g/mol. The van der Waals surface area contributed by atoms with Crippen molar-refractivity contribution in [3.8, 4) is 0 Å². The van der Waals surface area contributed by atoms with E-state index in [4.69, 9.17) is 0 Å². The van der Waals surface area contributed by atoms with Gasteiger partial charge < -0.3 is 20.6 Å². The van der Waals surface area contributed by atoms with Gasteiger partial charge in [-0.3, -0.25) is 4.79 Å². The molecule has 5 nitrogen and oxygen atoms in total. The van der Waals surface area contributed by atoms with Gasteiger partial charge in [-0.2, -0.15) is 0 Å². The van der Waals surface area contributed by atoms with E-state index in [0.717, 1.165) is 37.3 Å². The molecule has 1 unspecified atom stereocenters. The number of piperidine rings is 1. The molecule has 1 saturated heterocycles. The van der Waals surface area contributed by atoms with Gasteiger partial charge in [0.05, 0.1) is 23.9 Å². The summed E-state index contributed by atoms with van der Waals surface area (Å²) < 4.78 is 0. The highest BCUT2D eigenvalue weighted by molar-refractivity contribution is 5.94. The van der Waals surface area contributed by atoms with Crippen LogP contribution in [0.1, 0.15) is 33.1 Å². The second kappa shape index (κ2) is 8.31. The Bertz CT molecular complexity index is 511. The lowest BCUT2D eigenvalue weighted by molar-refractivity contribution is -0.118. The van der Waals surface area contributed by atoms with Crippen LogP contribution in [-0.2, 0) is 4.79 Å². The Labute approximate surface area is 139 Å². The lowest BCUT2D eigenvalue weighted by Crippen LogP contribution is -2.36. The van der Waals surface area contributed by atoms with Gasteiger partial charge in [-0.05, 0) is 51.0 Å². The topological polar surface area (TPSA) is 64.6 Å². The number of hydrogen-bond acceptors (Lipinski definition) is 4. The maximum atomic E-state index is 12.1. The van der Waals surface area contributed by atoms with E-state index in [-0.39, 0.29) is 18.2 Å². The standard InChI is InChI=1S/C18H29N3O2/c1-13(2)17(22)12-18(23)20-16-7-5-4-6-15(16)19-14-8-10-21(3)11-9-14/h4-7,13-14,17,19,22H,8-12H2,1-3H3,(H,20,23). The van der Waals surface area contributed by atoms with Crippen molar-refractivity contribution >= 4 is 17.3 Å². The zero-order valence-electron chi connectivity index (χ0n) is 14.4. The molecule has 1 heterocycles. The van der Waals surface area contributed by atoms with Gasteiger partial charge in [0.25, 0.3) is 0 Å². The Hall–Kier alpha value is -1.59. The molecule has 0 bridgehead atoms. The summed E-state index contributed by atoms with van der Waals surface area (Å²) in [5, 5.41) is 16.3. The van der Waals surface area contributed by atoms with Crippen LogP contribution in [0.4, 0.5) is 11.4 Å². The molecule has 0 spiro atoms. The number of hydrogen-bond donors (Lipinski definition) is 3. The molecule has 0 saturated carbocycles. The van der Waals surface area contributed by atoms with Crippen LogP contribution < -0.4 is 10.6 Å². The SMILES string of the molecule is CC(C)C(O)CC(=O)Nc1ccccc1NC1CCN(C)CC1. The van der Waals surface area contributed by atoms with E-state index in [0.29, 0.717) is 6.04 Å². The fraction of sp³-hybridized carbons (Fsp3) is 0.611. The number of likely N-dealkylation sites (tertiary alicyclic amines) is 1. The lowest BCUT2D eigenvalue weighted by atomic mass is 10.0. The number of nitrogens with zero attached hydrogens (tertiary/aromatic N) is 1. The zero-order chi connectivity index (χ0) is 16.8. The van der Waals surface area contributed by atoms with Crippen LogP contribution in [0.3, 0.4) is 0 Å². The first-order valence-corrected chi connectivity index (χ1v) is 8.47. The number of benzene rings is 1. The summed E-state index contributed by atoms with van der Waals surface area (Å²) in [4.78, 5) is 14.4. The summed E-state index contributed by atoms with van der Waals surface area (Å²) in [5.74, 6) is -0.0721. The van der Waals surface area contributed by atoms with E-state index in [1.165, 1.54) is 0 Å². The molecular weight excluding hydrogens is 290 g/mol. The first-order chi connectivity index (χ1) is 11.0. The lowest BCUT2D eigenvalue weighted by Gasteiger charge is -2.30. The van der Waals surface area contributed by atoms with Gasteiger partial charge in [-0.25, -0.2) is 0 Å². The highest BCUT2D eigenvalue weighted by Crippen LogP contribution is 2.24. The van der Waals surface area contributed by atoms with Gasteiger partial charge in [-0.1, -0.05) is 26.0 Å². The van der Waals surface area contributed by atoms with Gasteiger partial charge in [0.15, 0.2) is 0 Å². The second-order valence-corrected chi connectivity index (χ2v) is 6.83. The Kier molecular flexibility index (Phi) is 6.42. The van der Waals surface area contributed by atoms with Crippen molar-refractivity contribution in [2.75, 3.05) is 30.8 Å². The molecule has 1 fully saturated rings. The Morgan fingerprint density at radius 3 is 2.48 bits per heavy atom. The van der Waals surface area contributed by atoms with E-state index < -0.39 is 6.10 Å². The molecule has 3 N–H and O–H groups in total. The molecule has 1 aromatic rings. The molecule has 0 radical (unpaired) electrons. The van der Waals surface area contributed by atoms with E-state index in [2.05, 4.69) is 22.6 Å². The molecular formula is C18H29N3O2. The maximum absolute atomic E-state index is 12.1. The quantitative estimate of drug-likeness (QED) is 0.754. The molecule has 0 aliphatic carbocycles. The first-order valence-electron chi connectivity index (χ1n) is 8.47. The summed E-state index contributed by atoms with van der Waals surface area (Å²) in [6.07, 6.45) is 1.72. The summed E-state index contributed by atoms with van der Waals surface area (Å²) >= 11 is 0. The number of aliphatic hydroxyl groups is 1. The first kappa shape index (κ1) is 17.8. The summed E-state index contributed by atoms with van der Waals surface area (Å²) in [5.41, 5.74) is 1.74. The molecule has 0 aromatic heterocycles. The normalized spacial score (nSPS) is 18.0. The summed E-state index contributed by atoms with van der Waals surface area (Å²) in [7, 11) is 2.14. The van der Waals surface area contributed by atoms with Crippen molar-refractivity contribution in [1.82, 2.24) is 4.90 Å². The van der Waals surface area contributed by atoms with E-state index in [1.54, 1.807) is 0 Å². The number of nitrogens with one attached hydrogen (secondary N) is 2. The maximum Gasteiger partial charge on any atom is 0.227 e. The van der Waals surface area contributed by atoms with Crippen LogP contribution in [0.5, 0.6) is 0 Å². The number of aliphatic hydroxyl groups excluding tert-OH is 1. The highest BCUT2D eigenvalue weighted by Gasteiger charge is 2.19. The third kappa shape index (κ3) is 5.52. The Balaban J connectivity index is 1.96. The monoisotopic (exact) mass is 319 g/mol. The molecule has 1 atom stereocenters. The number of carbonyl (C=O) groups is 1. The molecule has 23 heavy (non-hydrogen) atoms. The minimum absolute atomic E-state index is 0.0772. The van der Waals surface area contributed by atoms with Crippen molar-refractivity contribution in [3.05, 3.63) is 24.3 Å². The molecule has 5 heteroatoms. The average Bonchev–Trinajstić information content (AvgIpc) is 2.51. The van der Waals surface area contributed by atoms with Crippen molar-refractivity contribution in [1.29, 1.82) is 0 Å². The summed E-state index contributed by atoms with van der Waals surface area (Å²) in [6.45, 7) is 6.00. The second-order valence-electron chi connectivity index (χ2n) is 6.83. The smallest absolute Gasteiger partial charge is 0.227 e. The van der Waals surface area contributed by atoms with Gasteiger partial charge in [-0.15, -0.1) is 0 Å². The Morgan fingerprint density at radius 1 is 1.26 bits per heavy atom. The van der Waals surface area contributed by atoms with Gasteiger partial charge in [0, 0.05) is 6.04 Å². The molecule has 1 amide bonds. The van der Waals surface area contributed by atoms with Gasteiger partial charge in [0.1, 0.15) is 0 Å². The fourth-order valence-electron chi connectivity index (χ4n) is 2.72. The molecule has 1 aliphatic heterocycles. The number of carbonyl (C=O) groups excluding carboxylic acids is 1. The van der Waals surface area contributed by atoms with Crippen molar-refractivity contribution < 1.29 is 9.90 Å². The fourth-order valence-corrected chi connectivity index (χ4v) is 2.72. The van der Waals surface area contributed by atoms with Crippen LogP contribution >= 0.6 is 0 Å². The van der Waals surface area contributed by atoms with Crippen LogP contribution in [0.2, 0.25) is 0 Å². The number of para-hydroxylation sites is 2. The third-order valence-electron chi connectivity index (χ3n) is 4.44. The van der Waals surface area contributed by atoms with E-state index >= 15 is 0 Å². The van der Waals surface area contributed by atoms with Crippen LogP contribution in [-0.4, -0.2) is 48.2 Å². The number of rotatable bonds is 6. The number of amides is 1. The highest BCUT2D eigenvalue weighted by atomic mass is 16.3. The van der Waals surface area contributed by atoms with E-state index in [1.807, 2.05) is 38.1 Å². The minimum Gasteiger partial charge on any atom is -0.392 e. The molecule has 2 rings (SSSR count). The predicted molar refractivity (Wildman–Crippen MR) is 94.7 cm³/mol. The minimum atomic E-state index is -0.607. The molecule has 128 valence electrons. The zero-order valence-corrected chi connectivity index (χ0v) is 14.4. The Morgan fingerprint density at radius 2 is 1.87 bits per heavy atom. The van der Waals surface area contributed by atoms with E-state index in [9.17, 15) is 9.90 Å². The largest absolute Gasteiger partial charge is 0.392 e. The van der Waals surface area contributed by atoms with Crippen LogP contribution in [0.25, 0.3) is 0 Å². The van der Waals surface area contributed by atoms with Crippen molar-refractivity contribution in [2.24, 2.45) is 5.92 Å². The summed E-state index contributed by atoms with van der Waals surface area (Å²) in [6, 6.07) is 8.21. The third-order valence-corrected chi connectivity index (χ3v) is 4.44. The molecule has 1 aromatic carbocycles. The molecule has 1 aliphatic rings. The van der Waals surface area contributed by atoms with Crippen molar-refractivity contribution in [3.63, 3.8) is 0 Å². The van der Waals surface area contributed by atoms with Gasteiger partial charge >= 0.3 is 0 Å². The van der Waals surface area contributed by atoms with Crippen molar-refractivity contribution in [2.45, 2.75) is 45.3 Å². The van der Waals surface area contributed by atoms with Crippen LogP contribution in [0, 0.1) is 5.92 Å². The number of anilines is 2. The van der Waals surface area contributed by atoms with Gasteiger partial charge in [0.2, 0.25) is 5.91 Å². The van der Waals surface area contributed by atoms with Crippen LogP contribution in [0.15, 0.2) is 24.3 Å².